The predicted octanol–water partition coefficient (Wildman–Crippen LogP) is 3.04. The van der Waals surface area contributed by atoms with Crippen molar-refractivity contribution in [3.8, 4) is 0 Å². The second-order valence-electron chi connectivity index (χ2n) is 7.83. The number of pyridine rings is 1. The van der Waals surface area contributed by atoms with Crippen molar-refractivity contribution >= 4 is 45.1 Å². The van der Waals surface area contributed by atoms with Crippen LogP contribution < -0.4 is 11.1 Å². The minimum atomic E-state index is -0.842. The number of nitrogens with two attached hydrogens (primary N) is 1. The summed E-state index contributed by atoms with van der Waals surface area (Å²) in [5, 5.41) is 3.44. The number of amides is 3. The SMILES string of the molecule is Cc1nc2cc([C@@H]3CC[C@@H](C)CN3C(=O)C(=O)Nc3ncccc3C(N)=O)ccc2s1. The molecular formula is C22H23N5O3S. The van der Waals surface area contributed by atoms with Crippen LogP contribution in [0.3, 0.4) is 0 Å². The highest BCUT2D eigenvalue weighted by Crippen LogP contribution is 2.35. The number of thiazole rings is 1. The number of fused-ring (bicyclic) bond motifs is 1. The number of piperidine rings is 1. The van der Waals surface area contributed by atoms with E-state index in [0.29, 0.717) is 6.54 Å². The first kappa shape index (κ1) is 20.9. The molecule has 1 fully saturated rings. The molecule has 1 aromatic carbocycles. The van der Waals surface area contributed by atoms with Crippen molar-refractivity contribution in [3.63, 3.8) is 0 Å². The minimum absolute atomic E-state index is 0.0191. The molecule has 0 spiro atoms. The molecule has 3 N–H and O–H groups in total. The van der Waals surface area contributed by atoms with Gasteiger partial charge in [-0.15, -0.1) is 11.3 Å². The predicted molar refractivity (Wildman–Crippen MR) is 119 cm³/mol. The fourth-order valence-corrected chi connectivity index (χ4v) is 4.79. The Labute approximate surface area is 183 Å². The number of primary amides is 1. The lowest BCUT2D eigenvalue weighted by atomic mass is 9.89. The molecule has 8 nitrogen and oxygen atoms in total. The van der Waals surface area contributed by atoms with Gasteiger partial charge in [-0.05, 0) is 55.5 Å². The standard InChI is InChI=1S/C22H23N5O3S/c1-12-5-7-17(14-6-8-18-16(10-14)25-13(2)31-18)27(11-12)22(30)21(29)26-20-15(19(23)28)4-3-9-24-20/h3-4,6,8-10,12,17H,5,7,11H2,1-2H3,(H2,23,28)(H,24,26,29)/t12-,17+/m1/s1. The number of rotatable bonds is 3. The Bertz CT molecular complexity index is 1170. The summed E-state index contributed by atoms with van der Waals surface area (Å²) in [5.74, 6) is -1.98. The van der Waals surface area contributed by atoms with Gasteiger partial charge in [0.2, 0.25) is 0 Å². The number of hydrogen-bond donors (Lipinski definition) is 2. The molecule has 2 atom stereocenters. The molecule has 0 unspecified atom stereocenters. The van der Waals surface area contributed by atoms with Crippen LogP contribution in [-0.2, 0) is 9.59 Å². The molecule has 1 aliphatic rings. The highest BCUT2D eigenvalue weighted by Gasteiger charge is 2.34. The maximum absolute atomic E-state index is 13.1. The average Bonchev–Trinajstić information content (AvgIpc) is 3.12. The molecule has 0 aliphatic carbocycles. The molecule has 3 heterocycles. The summed E-state index contributed by atoms with van der Waals surface area (Å²) in [7, 11) is 0. The van der Waals surface area contributed by atoms with E-state index in [-0.39, 0.29) is 23.3 Å². The van der Waals surface area contributed by atoms with E-state index in [4.69, 9.17) is 5.73 Å². The fourth-order valence-electron chi connectivity index (χ4n) is 3.99. The monoisotopic (exact) mass is 437 g/mol. The lowest BCUT2D eigenvalue weighted by molar-refractivity contribution is -0.146. The van der Waals surface area contributed by atoms with Crippen molar-refractivity contribution in [2.45, 2.75) is 32.7 Å². The Balaban J connectivity index is 1.60. The van der Waals surface area contributed by atoms with Crippen LogP contribution in [0.25, 0.3) is 10.2 Å². The Hall–Kier alpha value is -3.33. The lowest BCUT2D eigenvalue weighted by Crippen LogP contribution is -2.46. The highest BCUT2D eigenvalue weighted by molar-refractivity contribution is 7.18. The second-order valence-corrected chi connectivity index (χ2v) is 9.07. The van der Waals surface area contributed by atoms with Gasteiger partial charge in [0.15, 0.2) is 0 Å². The van der Waals surface area contributed by atoms with E-state index in [1.165, 1.54) is 18.3 Å². The van der Waals surface area contributed by atoms with Gasteiger partial charge >= 0.3 is 11.8 Å². The van der Waals surface area contributed by atoms with Crippen molar-refractivity contribution in [1.29, 1.82) is 0 Å². The number of nitrogens with one attached hydrogen (secondary N) is 1. The van der Waals surface area contributed by atoms with Gasteiger partial charge in [0.25, 0.3) is 5.91 Å². The van der Waals surface area contributed by atoms with Crippen molar-refractivity contribution < 1.29 is 14.4 Å². The van der Waals surface area contributed by atoms with Crippen molar-refractivity contribution in [2.24, 2.45) is 11.7 Å². The molecule has 3 aromatic rings. The summed E-state index contributed by atoms with van der Waals surface area (Å²) in [6.45, 7) is 4.49. The molecule has 9 heteroatoms. The smallest absolute Gasteiger partial charge is 0.315 e. The van der Waals surface area contributed by atoms with E-state index in [1.54, 1.807) is 16.2 Å². The number of likely N-dealkylation sites (tertiary alicyclic amines) is 1. The lowest BCUT2D eigenvalue weighted by Gasteiger charge is -2.38. The molecule has 2 aromatic heterocycles. The van der Waals surface area contributed by atoms with Crippen molar-refractivity contribution in [3.05, 3.63) is 52.7 Å². The fraction of sp³-hybridized carbons (Fsp3) is 0.318. The molecule has 0 saturated carbocycles. The molecule has 0 radical (unpaired) electrons. The Kier molecular flexibility index (Phi) is 5.69. The summed E-state index contributed by atoms with van der Waals surface area (Å²) in [5.41, 5.74) is 7.25. The van der Waals surface area contributed by atoms with E-state index in [0.717, 1.165) is 33.6 Å². The summed E-state index contributed by atoms with van der Waals surface area (Å²) in [4.78, 5) is 47.7. The van der Waals surface area contributed by atoms with Crippen LogP contribution in [0.5, 0.6) is 0 Å². The normalized spacial score (nSPS) is 18.7. The number of aromatic nitrogens is 2. The number of carbonyl (C=O) groups is 3. The highest BCUT2D eigenvalue weighted by atomic mass is 32.1. The van der Waals surface area contributed by atoms with Crippen LogP contribution in [0.15, 0.2) is 36.5 Å². The minimum Gasteiger partial charge on any atom is -0.365 e. The van der Waals surface area contributed by atoms with Crippen LogP contribution in [-0.4, -0.2) is 39.1 Å². The molecule has 4 rings (SSSR count). The molecule has 3 amide bonds. The summed E-state index contributed by atoms with van der Waals surface area (Å²) >= 11 is 1.62. The largest absolute Gasteiger partial charge is 0.365 e. The first-order valence-corrected chi connectivity index (χ1v) is 10.9. The third kappa shape index (κ3) is 4.27. The van der Waals surface area contributed by atoms with Crippen molar-refractivity contribution in [1.82, 2.24) is 14.9 Å². The number of nitrogens with zero attached hydrogens (tertiary/aromatic N) is 3. The number of benzene rings is 1. The Morgan fingerprint density at radius 3 is 2.81 bits per heavy atom. The maximum atomic E-state index is 13.1. The van der Waals surface area contributed by atoms with Gasteiger partial charge in [-0.3, -0.25) is 14.4 Å². The number of aryl methyl sites for hydroxylation is 1. The Morgan fingerprint density at radius 2 is 2.03 bits per heavy atom. The van der Waals surface area contributed by atoms with Gasteiger partial charge in [-0.1, -0.05) is 13.0 Å². The van der Waals surface area contributed by atoms with E-state index in [1.807, 2.05) is 25.1 Å². The van der Waals surface area contributed by atoms with Gasteiger partial charge in [-0.2, -0.15) is 0 Å². The van der Waals surface area contributed by atoms with Crippen LogP contribution in [0.1, 0.15) is 46.7 Å². The third-order valence-electron chi connectivity index (χ3n) is 5.48. The van der Waals surface area contributed by atoms with Crippen LogP contribution in [0.2, 0.25) is 0 Å². The topological polar surface area (TPSA) is 118 Å². The van der Waals surface area contributed by atoms with Gasteiger partial charge in [0, 0.05) is 12.7 Å². The summed E-state index contributed by atoms with van der Waals surface area (Å²) in [6.07, 6.45) is 3.13. The molecule has 1 aliphatic heterocycles. The number of anilines is 1. The van der Waals surface area contributed by atoms with Gasteiger partial charge in [0.1, 0.15) is 5.82 Å². The quantitative estimate of drug-likeness (QED) is 0.611. The molecule has 160 valence electrons. The zero-order chi connectivity index (χ0) is 22.1. The zero-order valence-corrected chi connectivity index (χ0v) is 18.1. The Morgan fingerprint density at radius 1 is 1.23 bits per heavy atom. The molecule has 1 saturated heterocycles. The summed E-state index contributed by atoms with van der Waals surface area (Å²) in [6, 6.07) is 8.79. The third-order valence-corrected chi connectivity index (χ3v) is 6.43. The van der Waals surface area contributed by atoms with Crippen LogP contribution >= 0.6 is 11.3 Å². The summed E-state index contributed by atoms with van der Waals surface area (Å²) < 4.78 is 1.09. The van der Waals surface area contributed by atoms with Crippen LogP contribution in [0, 0.1) is 12.8 Å². The van der Waals surface area contributed by atoms with Gasteiger partial charge in [0.05, 0.1) is 26.8 Å². The van der Waals surface area contributed by atoms with E-state index in [2.05, 4.69) is 22.2 Å². The van der Waals surface area contributed by atoms with Gasteiger partial charge in [-0.25, -0.2) is 9.97 Å². The first-order chi connectivity index (χ1) is 14.8. The van der Waals surface area contributed by atoms with Crippen LogP contribution in [0.4, 0.5) is 5.82 Å². The van der Waals surface area contributed by atoms with E-state index < -0.39 is 17.7 Å². The van der Waals surface area contributed by atoms with E-state index >= 15 is 0 Å². The molecule has 0 bridgehead atoms. The number of carbonyl (C=O) groups excluding carboxylic acids is 3. The maximum Gasteiger partial charge on any atom is 0.315 e. The number of hydrogen-bond acceptors (Lipinski definition) is 6. The van der Waals surface area contributed by atoms with E-state index in [9.17, 15) is 14.4 Å². The average molecular weight is 438 g/mol. The molecule has 31 heavy (non-hydrogen) atoms. The van der Waals surface area contributed by atoms with Gasteiger partial charge < -0.3 is 16.0 Å². The second kappa shape index (κ2) is 8.43. The zero-order valence-electron chi connectivity index (χ0n) is 17.3. The first-order valence-electron chi connectivity index (χ1n) is 10.1. The molecular weight excluding hydrogens is 414 g/mol. The van der Waals surface area contributed by atoms with Crippen molar-refractivity contribution in [2.75, 3.05) is 11.9 Å².